The third-order valence-electron chi connectivity index (χ3n) is 6.17. The predicted octanol–water partition coefficient (Wildman–Crippen LogP) is 4.99. The molecule has 0 bridgehead atoms. The number of rotatable bonds is 2. The molecule has 144 valence electrons. The van der Waals surface area contributed by atoms with Gasteiger partial charge in [-0.25, -0.2) is 0 Å². The first-order valence-electron chi connectivity index (χ1n) is 9.97. The molecule has 4 heteroatoms. The number of hydrogen-bond acceptors (Lipinski definition) is 4. The van der Waals surface area contributed by atoms with Gasteiger partial charge in [-0.3, -0.25) is 9.59 Å². The Bertz CT molecular complexity index is 813. The van der Waals surface area contributed by atoms with Crippen LogP contribution in [0.25, 0.3) is 0 Å². The van der Waals surface area contributed by atoms with Crippen LogP contribution in [0, 0.1) is 10.8 Å². The number of allylic oxidation sites excluding steroid dienone is 4. The molecule has 1 aromatic rings. The highest BCUT2D eigenvalue weighted by Gasteiger charge is 2.49. The SMILES string of the molecule is CCN1C2=C(C(=O)CC(C)(C)C2)C(c2ccco2)C2=C1CC(C)(C)CC2=O. The molecule has 0 radical (unpaired) electrons. The second-order valence-corrected chi connectivity index (χ2v) is 9.80. The molecular weight excluding hydrogens is 338 g/mol. The zero-order valence-electron chi connectivity index (χ0n) is 17.0. The van der Waals surface area contributed by atoms with Gasteiger partial charge in [0, 0.05) is 41.9 Å². The average molecular weight is 367 g/mol. The van der Waals surface area contributed by atoms with Gasteiger partial charge in [0.15, 0.2) is 11.6 Å². The lowest BCUT2D eigenvalue weighted by molar-refractivity contribution is -0.119. The normalized spacial score (nSPS) is 25.0. The van der Waals surface area contributed by atoms with E-state index in [9.17, 15) is 9.59 Å². The van der Waals surface area contributed by atoms with Crippen molar-refractivity contribution in [2.45, 2.75) is 66.2 Å². The molecule has 2 aliphatic carbocycles. The van der Waals surface area contributed by atoms with E-state index in [1.54, 1.807) is 6.26 Å². The van der Waals surface area contributed by atoms with Crippen LogP contribution in [0.2, 0.25) is 0 Å². The summed E-state index contributed by atoms with van der Waals surface area (Å²) in [6.07, 6.45) is 4.37. The minimum Gasteiger partial charge on any atom is -0.468 e. The van der Waals surface area contributed by atoms with Crippen molar-refractivity contribution in [3.8, 4) is 0 Å². The lowest BCUT2D eigenvalue weighted by Crippen LogP contribution is -2.44. The standard InChI is InChI=1S/C23H29NO3/c1-6-24-14-10-22(2,3)12-16(25)19(14)21(18-8-7-9-27-18)20-15(24)11-23(4,5)13-17(20)26/h7-9,21H,6,10-13H2,1-5H3. The summed E-state index contributed by atoms with van der Waals surface area (Å²) in [7, 11) is 0. The van der Waals surface area contributed by atoms with E-state index in [4.69, 9.17) is 4.42 Å². The monoisotopic (exact) mass is 367 g/mol. The third-order valence-corrected chi connectivity index (χ3v) is 6.17. The summed E-state index contributed by atoms with van der Waals surface area (Å²) in [6, 6.07) is 3.75. The zero-order chi connectivity index (χ0) is 19.6. The Morgan fingerprint density at radius 2 is 1.48 bits per heavy atom. The topological polar surface area (TPSA) is 50.5 Å². The smallest absolute Gasteiger partial charge is 0.162 e. The van der Waals surface area contributed by atoms with Crippen molar-refractivity contribution >= 4 is 11.6 Å². The molecule has 1 aliphatic heterocycles. The van der Waals surface area contributed by atoms with Crippen molar-refractivity contribution in [2.24, 2.45) is 10.8 Å². The molecule has 0 N–H and O–H groups in total. The minimum absolute atomic E-state index is 0.0662. The van der Waals surface area contributed by atoms with Crippen LogP contribution >= 0.6 is 0 Å². The van der Waals surface area contributed by atoms with E-state index >= 15 is 0 Å². The van der Waals surface area contributed by atoms with Crippen LogP contribution < -0.4 is 0 Å². The summed E-state index contributed by atoms with van der Waals surface area (Å²) >= 11 is 0. The second kappa shape index (κ2) is 5.95. The van der Waals surface area contributed by atoms with Gasteiger partial charge in [-0.1, -0.05) is 27.7 Å². The van der Waals surface area contributed by atoms with Gasteiger partial charge in [-0.2, -0.15) is 0 Å². The van der Waals surface area contributed by atoms with Gasteiger partial charge in [-0.15, -0.1) is 0 Å². The van der Waals surface area contributed by atoms with Crippen molar-refractivity contribution in [3.63, 3.8) is 0 Å². The number of furan rings is 1. The molecular formula is C23H29NO3. The molecule has 0 spiro atoms. The number of carbonyl (C=O) groups excluding carboxylic acids is 2. The average Bonchev–Trinajstić information content (AvgIpc) is 3.04. The highest BCUT2D eigenvalue weighted by atomic mass is 16.3. The maximum absolute atomic E-state index is 13.3. The van der Waals surface area contributed by atoms with Crippen LogP contribution in [0.5, 0.6) is 0 Å². The first-order chi connectivity index (χ1) is 12.6. The van der Waals surface area contributed by atoms with E-state index in [0.29, 0.717) is 18.6 Å². The van der Waals surface area contributed by atoms with E-state index < -0.39 is 0 Å². The largest absolute Gasteiger partial charge is 0.468 e. The predicted molar refractivity (Wildman–Crippen MR) is 104 cm³/mol. The molecule has 0 saturated carbocycles. The third kappa shape index (κ3) is 2.90. The van der Waals surface area contributed by atoms with Crippen LogP contribution in [-0.4, -0.2) is 23.0 Å². The van der Waals surface area contributed by atoms with Crippen molar-refractivity contribution in [1.82, 2.24) is 4.90 Å². The number of carbonyl (C=O) groups is 2. The summed E-state index contributed by atoms with van der Waals surface area (Å²) < 4.78 is 5.75. The molecule has 0 amide bonds. The Morgan fingerprint density at radius 3 is 1.89 bits per heavy atom. The fourth-order valence-corrected chi connectivity index (χ4v) is 5.17. The summed E-state index contributed by atoms with van der Waals surface area (Å²) in [5.41, 5.74) is 3.65. The molecule has 1 aromatic heterocycles. The molecule has 27 heavy (non-hydrogen) atoms. The lowest BCUT2D eigenvalue weighted by Gasteiger charge is -2.48. The Kier molecular flexibility index (Phi) is 4.03. The van der Waals surface area contributed by atoms with Crippen molar-refractivity contribution < 1.29 is 14.0 Å². The molecule has 0 saturated heterocycles. The molecule has 4 rings (SSSR count). The Balaban J connectivity index is 1.97. The van der Waals surface area contributed by atoms with E-state index in [0.717, 1.165) is 41.9 Å². The minimum atomic E-state index is -0.347. The molecule has 0 aromatic carbocycles. The summed E-state index contributed by atoms with van der Waals surface area (Å²) in [6.45, 7) is 11.5. The van der Waals surface area contributed by atoms with Crippen molar-refractivity contribution in [2.75, 3.05) is 6.54 Å². The van der Waals surface area contributed by atoms with Crippen LogP contribution in [-0.2, 0) is 9.59 Å². The van der Waals surface area contributed by atoms with Crippen molar-refractivity contribution in [1.29, 1.82) is 0 Å². The number of hydrogen-bond donors (Lipinski definition) is 0. The van der Waals surface area contributed by atoms with Gasteiger partial charge in [0.2, 0.25) is 0 Å². The highest BCUT2D eigenvalue weighted by Crippen LogP contribution is 2.54. The molecule has 0 unspecified atom stereocenters. The Hall–Kier alpha value is -2.10. The van der Waals surface area contributed by atoms with Gasteiger partial charge < -0.3 is 9.32 Å². The van der Waals surface area contributed by atoms with Gasteiger partial charge in [0.05, 0.1) is 12.2 Å². The molecule has 2 heterocycles. The Labute approximate surface area is 161 Å². The van der Waals surface area contributed by atoms with E-state index in [1.165, 1.54) is 0 Å². The highest BCUT2D eigenvalue weighted by molar-refractivity contribution is 6.06. The quantitative estimate of drug-likeness (QED) is 0.739. The fourth-order valence-electron chi connectivity index (χ4n) is 5.17. The second-order valence-electron chi connectivity index (χ2n) is 9.80. The van der Waals surface area contributed by atoms with Gasteiger partial charge in [0.1, 0.15) is 5.76 Å². The first-order valence-corrected chi connectivity index (χ1v) is 9.97. The summed E-state index contributed by atoms with van der Waals surface area (Å²) in [5.74, 6) is 0.683. The van der Waals surface area contributed by atoms with Crippen LogP contribution in [0.15, 0.2) is 45.4 Å². The molecule has 4 nitrogen and oxygen atoms in total. The van der Waals surface area contributed by atoms with E-state index in [1.807, 2.05) is 12.1 Å². The van der Waals surface area contributed by atoms with Crippen LogP contribution in [0.4, 0.5) is 0 Å². The van der Waals surface area contributed by atoms with Gasteiger partial charge in [-0.05, 0) is 42.7 Å². The maximum atomic E-state index is 13.3. The van der Waals surface area contributed by atoms with E-state index in [-0.39, 0.29) is 28.3 Å². The van der Waals surface area contributed by atoms with Gasteiger partial charge >= 0.3 is 0 Å². The Morgan fingerprint density at radius 1 is 0.963 bits per heavy atom. The lowest BCUT2D eigenvalue weighted by atomic mass is 9.64. The summed E-state index contributed by atoms with van der Waals surface area (Å²) in [4.78, 5) is 28.8. The van der Waals surface area contributed by atoms with Gasteiger partial charge in [0.25, 0.3) is 0 Å². The molecule has 0 fully saturated rings. The van der Waals surface area contributed by atoms with Crippen molar-refractivity contribution in [3.05, 3.63) is 46.7 Å². The number of Topliss-reactive ketones (excluding diaryl/α,β-unsaturated/α-hetero) is 2. The number of nitrogens with zero attached hydrogens (tertiary/aromatic N) is 1. The number of ketones is 2. The van der Waals surface area contributed by atoms with E-state index in [2.05, 4.69) is 39.5 Å². The van der Waals surface area contributed by atoms with Crippen LogP contribution in [0.3, 0.4) is 0 Å². The zero-order valence-corrected chi connectivity index (χ0v) is 17.0. The molecule has 0 atom stereocenters. The fraction of sp³-hybridized carbons (Fsp3) is 0.565. The molecule has 3 aliphatic rings. The van der Waals surface area contributed by atoms with Crippen LogP contribution in [0.1, 0.15) is 72.0 Å². The summed E-state index contributed by atoms with van der Waals surface area (Å²) in [5, 5.41) is 0. The first kappa shape index (κ1) is 18.3. The maximum Gasteiger partial charge on any atom is 0.162 e.